The molecular weight excluding hydrogens is 564 g/mol. The van der Waals surface area contributed by atoms with Gasteiger partial charge in [-0.05, 0) is 94.7 Å². The van der Waals surface area contributed by atoms with E-state index >= 15 is 0 Å². The first kappa shape index (κ1) is 31.2. The van der Waals surface area contributed by atoms with Crippen molar-refractivity contribution in [2.24, 2.45) is 0 Å². The number of unbranched alkanes of at least 4 members (excludes halogenated alkanes) is 1. The van der Waals surface area contributed by atoms with Crippen molar-refractivity contribution in [3.8, 4) is 5.75 Å². The fraction of sp³-hybridized carbons (Fsp3) is 0.515. The fourth-order valence-corrected chi connectivity index (χ4v) is 7.34. The van der Waals surface area contributed by atoms with E-state index in [1.807, 2.05) is 0 Å². The van der Waals surface area contributed by atoms with Gasteiger partial charge in [-0.2, -0.15) is 0 Å². The number of pyridine rings is 1. The number of sulfone groups is 1. The molecule has 0 unspecified atom stereocenters. The van der Waals surface area contributed by atoms with E-state index in [2.05, 4.69) is 26.6 Å². The van der Waals surface area contributed by atoms with Crippen LogP contribution in [0.5, 0.6) is 5.75 Å². The van der Waals surface area contributed by atoms with Crippen LogP contribution in [-0.4, -0.2) is 94.7 Å². The predicted octanol–water partition coefficient (Wildman–Crippen LogP) is 5.03. The highest BCUT2D eigenvalue weighted by atomic mass is 32.2. The molecule has 232 valence electrons. The Morgan fingerprint density at radius 3 is 2.33 bits per heavy atom. The smallest absolute Gasteiger partial charge is 0.338 e. The third-order valence-corrected chi connectivity index (χ3v) is 10.1. The molecule has 2 aromatic carbocycles. The molecular formula is C33H44N4O5S. The summed E-state index contributed by atoms with van der Waals surface area (Å²) in [5.41, 5.74) is 1.61. The first-order chi connectivity index (χ1) is 20.9. The van der Waals surface area contributed by atoms with Gasteiger partial charge in [-0.15, -0.1) is 0 Å². The molecule has 0 aliphatic carbocycles. The van der Waals surface area contributed by atoms with E-state index in [4.69, 9.17) is 9.47 Å². The third-order valence-electron chi connectivity index (χ3n) is 8.34. The summed E-state index contributed by atoms with van der Waals surface area (Å²) < 4.78 is 39.5. The topological polar surface area (TPSA) is 92.3 Å². The number of esters is 1. The minimum absolute atomic E-state index is 0.145. The van der Waals surface area contributed by atoms with Crippen molar-refractivity contribution in [1.82, 2.24) is 14.8 Å². The number of ether oxygens (including phenoxy) is 2. The summed E-state index contributed by atoms with van der Waals surface area (Å²) in [6.07, 6.45) is 6.90. The largest absolute Gasteiger partial charge is 0.494 e. The van der Waals surface area contributed by atoms with Gasteiger partial charge in [-0.25, -0.2) is 13.2 Å². The second-order valence-electron chi connectivity index (χ2n) is 11.3. The summed E-state index contributed by atoms with van der Waals surface area (Å²) in [6, 6.07) is 11.8. The van der Waals surface area contributed by atoms with Gasteiger partial charge in [0.05, 0.1) is 34.9 Å². The van der Waals surface area contributed by atoms with Crippen LogP contribution in [0.15, 0.2) is 58.5 Å². The highest BCUT2D eigenvalue weighted by Crippen LogP contribution is 2.37. The standard InChI is InChI=1S/C33H44N4O5S/c1-3-5-23-42-27-10-12-28(13-11-27)43(39,40)31-25-34-30-14-9-26(33(38)41-4-2)24-29(30)32(31)37-18-8-17-36(21-22-37)20-19-35-15-6-7-16-35/h9-14,24-25H,3-8,15-23H2,1-2H3. The fourth-order valence-electron chi connectivity index (χ4n) is 5.91. The number of rotatable bonds is 12. The van der Waals surface area contributed by atoms with Crippen LogP contribution in [0.3, 0.4) is 0 Å². The zero-order valence-corrected chi connectivity index (χ0v) is 26.3. The first-order valence-electron chi connectivity index (χ1n) is 15.7. The van der Waals surface area contributed by atoms with Gasteiger partial charge >= 0.3 is 5.97 Å². The molecule has 9 nitrogen and oxygen atoms in total. The van der Waals surface area contributed by atoms with Gasteiger partial charge in [0, 0.05) is 44.3 Å². The molecule has 1 aromatic heterocycles. The molecule has 2 aliphatic rings. The van der Waals surface area contributed by atoms with Crippen molar-refractivity contribution in [1.29, 1.82) is 0 Å². The lowest BCUT2D eigenvalue weighted by atomic mass is 10.1. The van der Waals surface area contributed by atoms with E-state index in [9.17, 15) is 13.2 Å². The third kappa shape index (κ3) is 7.48. The maximum absolute atomic E-state index is 14.2. The molecule has 2 aliphatic heterocycles. The summed E-state index contributed by atoms with van der Waals surface area (Å²) >= 11 is 0. The Hall–Kier alpha value is -3.21. The Balaban J connectivity index is 1.49. The Morgan fingerprint density at radius 1 is 0.884 bits per heavy atom. The van der Waals surface area contributed by atoms with Gasteiger partial charge in [-0.3, -0.25) is 4.98 Å². The summed E-state index contributed by atoms with van der Waals surface area (Å²) in [4.78, 5) is 24.8. The van der Waals surface area contributed by atoms with Crippen LogP contribution in [0.2, 0.25) is 0 Å². The summed E-state index contributed by atoms with van der Waals surface area (Å²) in [7, 11) is -3.94. The number of anilines is 1. The van der Waals surface area contributed by atoms with Crippen molar-refractivity contribution in [2.45, 2.75) is 55.7 Å². The van der Waals surface area contributed by atoms with Crippen LogP contribution >= 0.6 is 0 Å². The molecule has 0 atom stereocenters. The number of hydrogen-bond acceptors (Lipinski definition) is 9. The number of nitrogens with zero attached hydrogens (tertiary/aromatic N) is 4. The lowest BCUT2D eigenvalue weighted by Gasteiger charge is -2.27. The summed E-state index contributed by atoms with van der Waals surface area (Å²) in [5, 5.41) is 0.636. The maximum Gasteiger partial charge on any atom is 0.338 e. The molecule has 2 saturated heterocycles. The van der Waals surface area contributed by atoms with Crippen molar-refractivity contribution in [2.75, 3.05) is 70.5 Å². The van der Waals surface area contributed by atoms with E-state index in [0.29, 0.717) is 47.6 Å². The number of hydrogen-bond donors (Lipinski definition) is 0. The predicted molar refractivity (Wildman–Crippen MR) is 169 cm³/mol. The van der Waals surface area contributed by atoms with Crippen LogP contribution in [0.4, 0.5) is 5.69 Å². The van der Waals surface area contributed by atoms with E-state index in [1.165, 1.54) is 32.1 Å². The minimum Gasteiger partial charge on any atom is -0.494 e. The SMILES string of the molecule is CCCCOc1ccc(S(=O)(=O)c2cnc3ccc(C(=O)OCC)cc3c2N2CCCN(CCN3CCCC3)CC2)cc1. The van der Waals surface area contributed by atoms with Crippen molar-refractivity contribution in [3.63, 3.8) is 0 Å². The Bertz CT molecular complexity index is 1490. The van der Waals surface area contributed by atoms with E-state index in [0.717, 1.165) is 45.4 Å². The molecule has 10 heteroatoms. The summed E-state index contributed by atoms with van der Waals surface area (Å²) in [6.45, 7) is 12.3. The molecule has 0 amide bonds. The molecule has 3 heterocycles. The molecule has 3 aromatic rings. The monoisotopic (exact) mass is 608 g/mol. The lowest BCUT2D eigenvalue weighted by molar-refractivity contribution is 0.0526. The van der Waals surface area contributed by atoms with Crippen molar-refractivity contribution >= 4 is 32.4 Å². The van der Waals surface area contributed by atoms with Gasteiger partial charge < -0.3 is 24.2 Å². The Labute approximate surface area is 255 Å². The lowest BCUT2D eigenvalue weighted by Crippen LogP contribution is -2.36. The van der Waals surface area contributed by atoms with Gasteiger partial charge in [0.1, 0.15) is 10.6 Å². The Kier molecular flexibility index (Phi) is 10.5. The Morgan fingerprint density at radius 2 is 1.60 bits per heavy atom. The number of aromatic nitrogens is 1. The zero-order valence-electron chi connectivity index (χ0n) is 25.5. The number of carbonyl (C=O) groups excluding carboxylic acids is 1. The van der Waals surface area contributed by atoms with Crippen LogP contribution in [0.25, 0.3) is 10.9 Å². The molecule has 5 rings (SSSR count). The molecule has 43 heavy (non-hydrogen) atoms. The number of benzene rings is 2. The second-order valence-corrected chi connectivity index (χ2v) is 13.2. The molecule has 2 fully saturated rings. The highest BCUT2D eigenvalue weighted by Gasteiger charge is 2.29. The van der Waals surface area contributed by atoms with Crippen molar-refractivity contribution in [3.05, 3.63) is 54.2 Å². The zero-order chi connectivity index (χ0) is 30.2. The van der Waals surface area contributed by atoms with Crippen LogP contribution in [0, 0.1) is 0 Å². The number of fused-ring (bicyclic) bond motifs is 1. The second kappa shape index (κ2) is 14.5. The van der Waals surface area contributed by atoms with Gasteiger partial charge in [0.15, 0.2) is 0 Å². The van der Waals surface area contributed by atoms with Crippen LogP contribution in [0.1, 0.15) is 56.3 Å². The molecule has 0 radical (unpaired) electrons. The van der Waals surface area contributed by atoms with E-state index in [1.54, 1.807) is 49.4 Å². The molecule has 0 bridgehead atoms. The molecule has 0 N–H and O–H groups in total. The normalized spacial score (nSPS) is 16.8. The van der Waals surface area contributed by atoms with Crippen LogP contribution < -0.4 is 9.64 Å². The maximum atomic E-state index is 14.2. The van der Waals surface area contributed by atoms with E-state index < -0.39 is 15.8 Å². The van der Waals surface area contributed by atoms with Gasteiger partial charge in [0.2, 0.25) is 9.84 Å². The average Bonchev–Trinajstić information content (AvgIpc) is 3.44. The van der Waals surface area contributed by atoms with Crippen molar-refractivity contribution < 1.29 is 22.7 Å². The first-order valence-corrected chi connectivity index (χ1v) is 17.2. The van der Waals surface area contributed by atoms with E-state index in [-0.39, 0.29) is 16.4 Å². The average molecular weight is 609 g/mol. The van der Waals surface area contributed by atoms with Crippen LogP contribution in [-0.2, 0) is 14.6 Å². The molecule has 0 spiro atoms. The highest BCUT2D eigenvalue weighted by molar-refractivity contribution is 7.91. The number of carbonyl (C=O) groups is 1. The minimum atomic E-state index is -3.94. The van der Waals surface area contributed by atoms with Gasteiger partial charge in [-0.1, -0.05) is 13.3 Å². The number of likely N-dealkylation sites (tertiary alicyclic amines) is 1. The quantitative estimate of drug-likeness (QED) is 0.207. The molecule has 0 saturated carbocycles. The summed E-state index contributed by atoms with van der Waals surface area (Å²) in [5.74, 6) is 0.205. The van der Waals surface area contributed by atoms with Gasteiger partial charge in [0.25, 0.3) is 0 Å².